The van der Waals surface area contributed by atoms with Gasteiger partial charge in [0.15, 0.2) is 0 Å². The van der Waals surface area contributed by atoms with E-state index in [2.05, 4.69) is 0 Å². The Bertz CT molecular complexity index is 344. The van der Waals surface area contributed by atoms with Crippen LogP contribution in [0.25, 0.3) is 0 Å². The van der Waals surface area contributed by atoms with Crippen LogP contribution >= 0.6 is 23.2 Å². The van der Waals surface area contributed by atoms with Crippen molar-refractivity contribution >= 4 is 23.2 Å². The second-order valence-electron chi connectivity index (χ2n) is 4.54. The maximum Gasteiger partial charge on any atom is 0.0452 e. The van der Waals surface area contributed by atoms with Gasteiger partial charge in [0.2, 0.25) is 0 Å². The Kier molecular flexibility index (Phi) is 4.62. The molecule has 0 heterocycles. The molecule has 2 nitrogen and oxygen atoms in total. The van der Waals surface area contributed by atoms with Gasteiger partial charge in [0.05, 0.1) is 0 Å². The predicted octanol–water partition coefficient (Wildman–Crippen LogP) is 4.03. The molecule has 1 N–H and O–H groups in total. The first kappa shape index (κ1) is 13.8. The zero-order valence-corrected chi connectivity index (χ0v) is 11.3. The Hall–Kier alpha value is -0.280. The summed E-state index contributed by atoms with van der Waals surface area (Å²) in [6, 6.07) is 5.49. The van der Waals surface area contributed by atoms with Gasteiger partial charge in [-0.05, 0) is 44.4 Å². The van der Waals surface area contributed by atoms with E-state index in [0.717, 1.165) is 18.4 Å². The van der Waals surface area contributed by atoms with E-state index in [9.17, 15) is 5.21 Å². The van der Waals surface area contributed by atoms with Crippen LogP contribution in [0.5, 0.6) is 0 Å². The summed E-state index contributed by atoms with van der Waals surface area (Å²) < 4.78 is 0. The summed E-state index contributed by atoms with van der Waals surface area (Å²) >= 11 is 12.2. The van der Waals surface area contributed by atoms with Crippen LogP contribution in [0.1, 0.15) is 25.8 Å². The molecule has 1 rings (SSSR count). The Labute approximate surface area is 107 Å². The lowest BCUT2D eigenvalue weighted by atomic mass is 9.95. The standard InChI is InChI=1S/C12H17Cl2NO/c1-12(2,15(3)16)8-7-9-10(13)5-4-6-11(9)14/h4-6,16H,7-8H2,1-3H3. The number of hydroxylamine groups is 2. The summed E-state index contributed by atoms with van der Waals surface area (Å²) in [7, 11) is 1.65. The molecule has 0 radical (unpaired) electrons. The van der Waals surface area contributed by atoms with E-state index in [0.29, 0.717) is 10.0 Å². The fraction of sp³-hybridized carbons (Fsp3) is 0.500. The Morgan fingerprint density at radius 2 is 1.75 bits per heavy atom. The normalized spacial score (nSPS) is 12.2. The molecule has 0 unspecified atom stereocenters. The Balaban J connectivity index is 2.75. The molecule has 0 bridgehead atoms. The quantitative estimate of drug-likeness (QED) is 0.828. The zero-order valence-electron chi connectivity index (χ0n) is 9.80. The van der Waals surface area contributed by atoms with Gasteiger partial charge in [-0.2, -0.15) is 5.06 Å². The monoisotopic (exact) mass is 261 g/mol. The van der Waals surface area contributed by atoms with E-state index in [-0.39, 0.29) is 5.54 Å². The predicted molar refractivity (Wildman–Crippen MR) is 68.4 cm³/mol. The first-order chi connectivity index (χ1) is 7.34. The molecule has 0 saturated heterocycles. The average molecular weight is 262 g/mol. The minimum atomic E-state index is -0.289. The summed E-state index contributed by atoms with van der Waals surface area (Å²) in [5, 5.41) is 12.1. The minimum Gasteiger partial charge on any atom is -0.314 e. The molecule has 0 aliphatic carbocycles. The molecule has 0 atom stereocenters. The maximum atomic E-state index is 9.46. The van der Waals surface area contributed by atoms with E-state index >= 15 is 0 Å². The smallest absolute Gasteiger partial charge is 0.0452 e. The minimum absolute atomic E-state index is 0.289. The highest BCUT2D eigenvalue weighted by molar-refractivity contribution is 6.35. The van der Waals surface area contributed by atoms with Gasteiger partial charge in [-0.1, -0.05) is 29.3 Å². The number of nitrogens with zero attached hydrogens (tertiary/aromatic N) is 1. The number of halogens is 2. The number of hydrogen-bond donors (Lipinski definition) is 1. The molecule has 0 aliphatic heterocycles. The molecule has 1 aromatic carbocycles. The summed E-state index contributed by atoms with van der Waals surface area (Å²) in [5.74, 6) is 0. The van der Waals surface area contributed by atoms with Crippen LogP contribution in [-0.2, 0) is 6.42 Å². The van der Waals surface area contributed by atoms with Crippen molar-refractivity contribution in [3.63, 3.8) is 0 Å². The summed E-state index contributed by atoms with van der Waals surface area (Å²) in [5.41, 5.74) is 0.656. The molecule has 0 amide bonds. The van der Waals surface area contributed by atoms with Gasteiger partial charge in [0.25, 0.3) is 0 Å². The van der Waals surface area contributed by atoms with E-state index in [4.69, 9.17) is 23.2 Å². The largest absolute Gasteiger partial charge is 0.314 e. The van der Waals surface area contributed by atoms with Crippen LogP contribution in [0.3, 0.4) is 0 Å². The molecule has 0 fully saturated rings. The van der Waals surface area contributed by atoms with Crippen molar-refractivity contribution in [1.29, 1.82) is 0 Å². The zero-order chi connectivity index (χ0) is 12.3. The van der Waals surface area contributed by atoms with Crippen molar-refractivity contribution in [3.8, 4) is 0 Å². The van der Waals surface area contributed by atoms with E-state index in [1.165, 1.54) is 5.06 Å². The third-order valence-electron chi connectivity index (χ3n) is 2.92. The highest BCUT2D eigenvalue weighted by Gasteiger charge is 2.22. The van der Waals surface area contributed by atoms with Crippen LogP contribution in [-0.4, -0.2) is 22.9 Å². The second kappa shape index (κ2) is 5.37. The number of rotatable bonds is 4. The van der Waals surface area contributed by atoms with Crippen molar-refractivity contribution < 1.29 is 5.21 Å². The van der Waals surface area contributed by atoms with Crippen LogP contribution in [0.2, 0.25) is 10.0 Å². The van der Waals surface area contributed by atoms with Gasteiger partial charge in [-0.3, -0.25) is 0 Å². The van der Waals surface area contributed by atoms with E-state index < -0.39 is 0 Å². The van der Waals surface area contributed by atoms with Gasteiger partial charge in [0, 0.05) is 22.6 Å². The van der Waals surface area contributed by atoms with Gasteiger partial charge in [0.1, 0.15) is 0 Å². The SMILES string of the molecule is CN(O)C(C)(C)CCc1c(Cl)cccc1Cl. The highest BCUT2D eigenvalue weighted by Crippen LogP contribution is 2.28. The lowest BCUT2D eigenvalue weighted by molar-refractivity contribution is -0.141. The molecule has 0 saturated carbocycles. The molecule has 0 spiro atoms. The van der Waals surface area contributed by atoms with Crippen molar-refractivity contribution in [2.75, 3.05) is 7.05 Å². The molecule has 0 aromatic heterocycles. The van der Waals surface area contributed by atoms with E-state index in [1.807, 2.05) is 32.0 Å². The molecular weight excluding hydrogens is 245 g/mol. The Morgan fingerprint density at radius 3 is 2.19 bits per heavy atom. The molecule has 4 heteroatoms. The summed E-state index contributed by atoms with van der Waals surface area (Å²) in [4.78, 5) is 0. The van der Waals surface area contributed by atoms with Gasteiger partial charge in [-0.15, -0.1) is 0 Å². The van der Waals surface area contributed by atoms with E-state index in [1.54, 1.807) is 7.05 Å². The lowest BCUT2D eigenvalue weighted by Gasteiger charge is -2.30. The van der Waals surface area contributed by atoms with Crippen LogP contribution in [0, 0.1) is 0 Å². The number of benzene rings is 1. The molecular formula is C12H17Cl2NO. The van der Waals surface area contributed by atoms with Crippen molar-refractivity contribution in [2.45, 2.75) is 32.2 Å². The number of hydrogen-bond acceptors (Lipinski definition) is 2. The summed E-state index contributed by atoms with van der Waals surface area (Å²) in [6.07, 6.45) is 1.53. The summed E-state index contributed by atoms with van der Waals surface area (Å²) in [6.45, 7) is 3.94. The second-order valence-corrected chi connectivity index (χ2v) is 5.35. The Morgan fingerprint density at radius 1 is 1.25 bits per heavy atom. The van der Waals surface area contributed by atoms with Crippen molar-refractivity contribution in [1.82, 2.24) is 5.06 Å². The molecule has 90 valence electrons. The fourth-order valence-electron chi connectivity index (χ4n) is 1.36. The van der Waals surface area contributed by atoms with Gasteiger partial charge < -0.3 is 5.21 Å². The van der Waals surface area contributed by atoms with Gasteiger partial charge >= 0.3 is 0 Å². The molecule has 0 aliphatic rings. The lowest BCUT2D eigenvalue weighted by Crippen LogP contribution is -2.38. The average Bonchev–Trinajstić information content (AvgIpc) is 2.16. The fourth-order valence-corrected chi connectivity index (χ4v) is 1.95. The topological polar surface area (TPSA) is 23.5 Å². The van der Waals surface area contributed by atoms with Crippen LogP contribution in [0.4, 0.5) is 0 Å². The van der Waals surface area contributed by atoms with Crippen molar-refractivity contribution in [3.05, 3.63) is 33.8 Å². The molecule has 1 aromatic rings. The third kappa shape index (κ3) is 3.36. The first-order valence-electron chi connectivity index (χ1n) is 5.20. The highest BCUT2D eigenvalue weighted by atomic mass is 35.5. The van der Waals surface area contributed by atoms with Crippen molar-refractivity contribution in [2.24, 2.45) is 0 Å². The maximum absolute atomic E-state index is 9.46. The molecule has 16 heavy (non-hydrogen) atoms. The van der Waals surface area contributed by atoms with Crippen LogP contribution < -0.4 is 0 Å². The third-order valence-corrected chi connectivity index (χ3v) is 3.63. The van der Waals surface area contributed by atoms with Gasteiger partial charge in [-0.25, -0.2) is 0 Å². The van der Waals surface area contributed by atoms with Crippen LogP contribution in [0.15, 0.2) is 18.2 Å². The first-order valence-corrected chi connectivity index (χ1v) is 5.96.